The van der Waals surface area contributed by atoms with Gasteiger partial charge in [0.15, 0.2) is 0 Å². The minimum atomic E-state index is 0.333. The molecule has 0 saturated heterocycles. The number of hydrogen-bond donors (Lipinski definition) is 0. The Morgan fingerprint density at radius 1 is 1.22 bits per heavy atom. The van der Waals surface area contributed by atoms with Crippen LogP contribution in [0.4, 0.5) is 0 Å². The van der Waals surface area contributed by atoms with Crippen LogP contribution >= 0.6 is 0 Å². The number of hydrogen-bond acceptors (Lipinski definition) is 1. The SMILES string of the molecule is C[C@@H](N1C=[N+](Cc2ccccc2)CC1)C(C)(C)C. The van der Waals surface area contributed by atoms with Crippen molar-refractivity contribution in [1.82, 2.24) is 4.90 Å². The lowest BCUT2D eigenvalue weighted by Crippen LogP contribution is -2.40. The highest BCUT2D eigenvalue weighted by atomic mass is 15.3. The molecule has 0 spiro atoms. The van der Waals surface area contributed by atoms with E-state index in [4.69, 9.17) is 0 Å². The third-order valence-electron chi connectivity index (χ3n) is 3.94. The van der Waals surface area contributed by atoms with Gasteiger partial charge in [-0.25, -0.2) is 0 Å². The first-order valence-electron chi connectivity index (χ1n) is 6.85. The van der Waals surface area contributed by atoms with E-state index in [9.17, 15) is 0 Å². The van der Waals surface area contributed by atoms with E-state index in [2.05, 4.69) is 73.8 Å². The Morgan fingerprint density at radius 2 is 1.89 bits per heavy atom. The fourth-order valence-corrected chi connectivity index (χ4v) is 2.30. The van der Waals surface area contributed by atoms with E-state index >= 15 is 0 Å². The molecule has 1 aliphatic heterocycles. The van der Waals surface area contributed by atoms with Gasteiger partial charge in [0.25, 0.3) is 0 Å². The molecule has 2 heteroatoms. The van der Waals surface area contributed by atoms with Crippen LogP contribution in [0.1, 0.15) is 33.3 Å². The second-order valence-corrected chi connectivity index (χ2v) is 6.35. The third kappa shape index (κ3) is 3.12. The highest BCUT2D eigenvalue weighted by molar-refractivity contribution is 5.51. The van der Waals surface area contributed by atoms with E-state index in [0.717, 1.165) is 19.6 Å². The summed E-state index contributed by atoms with van der Waals surface area (Å²) in [5.41, 5.74) is 1.72. The van der Waals surface area contributed by atoms with Crippen molar-refractivity contribution in [3.05, 3.63) is 35.9 Å². The summed E-state index contributed by atoms with van der Waals surface area (Å²) in [6.07, 6.45) is 2.31. The first-order chi connectivity index (χ1) is 8.47. The first-order valence-corrected chi connectivity index (χ1v) is 6.85. The van der Waals surface area contributed by atoms with Gasteiger partial charge in [-0.1, -0.05) is 51.1 Å². The van der Waals surface area contributed by atoms with Gasteiger partial charge in [-0.2, -0.15) is 0 Å². The quantitative estimate of drug-likeness (QED) is 0.742. The first kappa shape index (κ1) is 13.1. The second-order valence-electron chi connectivity index (χ2n) is 6.35. The molecule has 0 fully saturated rings. The van der Waals surface area contributed by atoms with Gasteiger partial charge in [-0.15, -0.1) is 0 Å². The van der Waals surface area contributed by atoms with Gasteiger partial charge >= 0.3 is 0 Å². The fourth-order valence-electron chi connectivity index (χ4n) is 2.30. The molecule has 0 aromatic heterocycles. The molecule has 0 N–H and O–H groups in total. The third-order valence-corrected chi connectivity index (χ3v) is 3.94. The molecule has 18 heavy (non-hydrogen) atoms. The Balaban J connectivity index is 2.01. The van der Waals surface area contributed by atoms with E-state index in [-0.39, 0.29) is 0 Å². The molecule has 2 rings (SSSR count). The molecule has 1 heterocycles. The fraction of sp³-hybridized carbons (Fsp3) is 0.562. The van der Waals surface area contributed by atoms with Gasteiger partial charge in [-0.3, -0.25) is 9.48 Å². The molecule has 1 aromatic rings. The summed E-state index contributed by atoms with van der Waals surface area (Å²) in [6.45, 7) is 12.6. The maximum atomic E-state index is 2.48. The summed E-state index contributed by atoms with van der Waals surface area (Å²) >= 11 is 0. The monoisotopic (exact) mass is 245 g/mol. The summed E-state index contributed by atoms with van der Waals surface area (Å²) in [7, 11) is 0. The number of nitrogens with zero attached hydrogens (tertiary/aromatic N) is 2. The van der Waals surface area contributed by atoms with Crippen LogP contribution in [0.25, 0.3) is 0 Å². The number of rotatable bonds is 3. The molecular formula is C16H25N2+. The molecule has 0 bridgehead atoms. The van der Waals surface area contributed by atoms with Crippen molar-refractivity contribution in [1.29, 1.82) is 0 Å². The predicted octanol–water partition coefficient (Wildman–Crippen LogP) is 2.98. The summed E-state index contributed by atoms with van der Waals surface area (Å²) in [6, 6.07) is 11.3. The maximum Gasteiger partial charge on any atom is 0.234 e. The zero-order valence-electron chi connectivity index (χ0n) is 12.1. The Labute approximate surface area is 111 Å². The van der Waals surface area contributed by atoms with Gasteiger partial charge in [0, 0.05) is 5.41 Å². The zero-order valence-corrected chi connectivity index (χ0v) is 12.1. The van der Waals surface area contributed by atoms with Crippen LogP contribution in [0.2, 0.25) is 0 Å². The second kappa shape index (κ2) is 5.13. The molecule has 2 nitrogen and oxygen atoms in total. The standard InChI is InChI=1S/C16H25N2/c1-14(16(2,3)4)18-11-10-17(13-18)12-15-8-6-5-7-9-15/h5-9,13-14H,10-12H2,1-4H3/q+1/t14-/m1/s1. The lowest BCUT2D eigenvalue weighted by molar-refractivity contribution is -0.530. The molecule has 0 aliphatic carbocycles. The normalized spacial score (nSPS) is 17.8. The molecule has 1 aliphatic rings. The lowest BCUT2D eigenvalue weighted by Gasteiger charge is -2.29. The Hall–Kier alpha value is -1.31. The van der Waals surface area contributed by atoms with E-state index < -0.39 is 0 Å². The summed E-state index contributed by atoms with van der Waals surface area (Å²) in [5, 5.41) is 0. The van der Waals surface area contributed by atoms with Crippen LogP contribution in [0.15, 0.2) is 30.3 Å². The van der Waals surface area contributed by atoms with Crippen LogP contribution in [0.5, 0.6) is 0 Å². The van der Waals surface area contributed by atoms with Crippen molar-refractivity contribution < 1.29 is 4.58 Å². The van der Waals surface area contributed by atoms with Crippen molar-refractivity contribution >= 4 is 6.34 Å². The summed E-state index contributed by atoms with van der Waals surface area (Å²) in [4.78, 5) is 2.48. The Bertz CT molecular complexity index is 414. The van der Waals surface area contributed by atoms with E-state index in [1.54, 1.807) is 0 Å². The van der Waals surface area contributed by atoms with Crippen molar-refractivity contribution in [2.24, 2.45) is 5.41 Å². The average molecular weight is 245 g/mol. The van der Waals surface area contributed by atoms with Gasteiger partial charge in [-0.05, 0) is 12.5 Å². The van der Waals surface area contributed by atoms with Crippen LogP contribution in [0.3, 0.4) is 0 Å². The van der Waals surface area contributed by atoms with Gasteiger partial charge in [0.05, 0.1) is 6.04 Å². The lowest BCUT2D eigenvalue weighted by atomic mass is 9.87. The molecule has 0 radical (unpaired) electrons. The average Bonchev–Trinajstić information content (AvgIpc) is 2.76. The highest BCUT2D eigenvalue weighted by Crippen LogP contribution is 2.24. The highest BCUT2D eigenvalue weighted by Gasteiger charge is 2.32. The molecule has 98 valence electrons. The topological polar surface area (TPSA) is 6.25 Å². The molecule has 1 atom stereocenters. The van der Waals surface area contributed by atoms with Crippen molar-refractivity contribution in [3.8, 4) is 0 Å². The molecular weight excluding hydrogens is 220 g/mol. The smallest absolute Gasteiger partial charge is 0.234 e. The molecule has 0 unspecified atom stereocenters. The molecule has 1 aromatic carbocycles. The minimum absolute atomic E-state index is 0.333. The van der Waals surface area contributed by atoms with Crippen molar-refractivity contribution in [2.45, 2.75) is 40.3 Å². The van der Waals surface area contributed by atoms with Crippen LogP contribution in [0, 0.1) is 5.41 Å². The minimum Gasteiger partial charge on any atom is -0.261 e. The summed E-state index contributed by atoms with van der Waals surface area (Å²) in [5.74, 6) is 0. The van der Waals surface area contributed by atoms with E-state index in [0.29, 0.717) is 11.5 Å². The van der Waals surface area contributed by atoms with Crippen molar-refractivity contribution in [2.75, 3.05) is 13.1 Å². The van der Waals surface area contributed by atoms with Crippen LogP contribution in [-0.2, 0) is 6.54 Å². The largest absolute Gasteiger partial charge is 0.261 e. The Morgan fingerprint density at radius 3 is 2.50 bits per heavy atom. The van der Waals surface area contributed by atoms with Crippen LogP contribution in [-0.4, -0.2) is 34.9 Å². The van der Waals surface area contributed by atoms with Gasteiger partial charge < -0.3 is 0 Å². The van der Waals surface area contributed by atoms with Crippen molar-refractivity contribution in [3.63, 3.8) is 0 Å². The molecule has 0 saturated carbocycles. The molecule has 0 amide bonds. The van der Waals surface area contributed by atoms with Gasteiger partial charge in [0.2, 0.25) is 6.34 Å². The van der Waals surface area contributed by atoms with Gasteiger partial charge in [0.1, 0.15) is 19.6 Å². The zero-order chi connectivity index (χ0) is 13.2. The van der Waals surface area contributed by atoms with Crippen LogP contribution < -0.4 is 0 Å². The Kier molecular flexibility index (Phi) is 3.74. The number of benzene rings is 1. The van der Waals surface area contributed by atoms with E-state index in [1.165, 1.54) is 5.56 Å². The predicted molar refractivity (Wildman–Crippen MR) is 77.0 cm³/mol. The maximum absolute atomic E-state index is 2.48. The van der Waals surface area contributed by atoms with E-state index in [1.807, 2.05) is 0 Å². The summed E-state index contributed by atoms with van der Waals surface area (Å²) < 4.78 is 2.41.